The molecule has 0 aromatic rings. The Balaban J connectivity index is 4.03. The Morgan fingerprint density at radius 1 is 1.57 bits per heavy atom. The summed E-state index contributed by atoms with van der Waals surface area (Å²) in [6, 6.07) is 0. The number of methoxy groups -OCH3 is 1. The fourth-order valence-corrected chi connectivity index (χ4v) is 1.48. The third-order valence-corrected chi connectivity index (χ3v) is 2.80. The molecular formula is C6H13ClN2O4S. The van der Waals surface area contributed by atoms with Crippen molar-refractivity contribution in [2.24, 2.45) is 5.92 Å². The minimum atomic E-state index is -3.83. The maximum Gasteiger partial charge on any atom is 0.421 e. The topological polar surface area (TPSA) is 84.5 Å². The Morgan fingerprint density at radius 3 is 2.57 bits per heavy atom. The van der Waals surface area contributed by atoms with Crippen LogP contribution in [0.15, 0.2) is 0 Å². The van der Waals surface area contributed by atoms with Crippen molar-refractivity contribution in [1.82, 2.24) is 9.44 Å². The smallest absolute Gasteiger partial charge is 0.421 e. The van der Waals surface area contributed by atoms with Gasteiger partial charge in [-0.15, -0.1) is 11.6 Å². The van der Waals surface area contributed by atoms with Crippen LogP contribution in [0.25, 0.3) is 0 Å². The zero-order chi connectivity index (χ0) is 11.2. The Hall–Kier alpha value is -0.530. The highest BCUT2D eigenvalue weighted by Crippen LogP contribution is 1.95. The van der Waals surface area contributed by atoms with Gasteiger partial charge in [-0.3, -0.25) is 0 Å². The van der Waals surface area contributed by atoms with Gasteiger partial charge in [0.25, 0.3) is 0 Å². The summed E-state index contributed by atoms with van der Waals surface area (Å²) in [5.41, 5.74) is 0. The van der Waals surface area contributed by atoms with Crippen molar-refractivity contribution in [2.75, 3.05) is 19.5 Å². The highest BCUT2D eigenvalue weighted by atomic mass is 35.5. The molecule has 0 spiro atoms. The van der Waals surface area contributed by atoms with E-state index in [9.17, 15) is 13.2 Å². The molecule has 1 atom stereocenters. The van der Waals surface area contributed by atoms with Crippen molar-refractivity contribution in [1.29, 1.82) is 0 Å². The summed E-state index contributed by atoms with van der Waals surface area (Å²) in [6.07, 6.45) is -1.03. The van der Waals surface area contributed by atoms with Gasteiger partial charge in [-0.25, -0.2) is 9.52 Å². The second-order valence-corrected chi connectivity index (χ2v) is 4.51. The second-order valence-electron chi connectivity index (χ2n) is 2.71. The zero-order valence-corrected chi connectivity index (χ0v) is 9.48. The van der Waals surface area contributed by atoms with Gasteiger partial charge in [0.05, 0.1) is 7.11 Å². The summed E-state index contributed by atoms with van der Waals surface area (Å²) in [5.74, 6) is 0.326. The maximum atomic E-state index is 11.1. The highest BCUT2D eigenvalue weighted by molar-refractivity contribution is 7.88. The molecule has 1 amide bonds. The number of nitrogens with one attached hydrogen (secondary N) is 2. The number of alkyl halides is 1. The number of ether oxygens (including phenoxy) is 1. The molecule has 0 aromatic heterocycles. The molecule has 8 heteroatoms. The number of hydrogen-bond acceptors (Lipinski definition) is 4. The first-order valence-electron chi connectivity index (χ1n) is 3.82. The first-order chi connectivity index (χ1) is 6.41. The summed E-state index contributed by atoms with van der Waals surface area (Å²) in [6.45, 7) is 1.93. The summed E-state index contributed by atoms with van der Waals surface area (Å²) in [5, 5.41) is 0. The minimum absolute atomic E-state index is 0.00844. The quantitative estimate of drug-likeness (QED) is 0.670. The summed E-state index contributed by atoms with van der Waals surface area (Å²) < 4.78 is 30.0. The predicted molar refractivity (Wildman–Crippen MR) is 52.3 cm³/mol. The van der Waals surface area contributed by atoms with Crippen LogP contribution in [0, 0.1) is 5.92 Å². The van der Waals surface area contributed by atoms with Gasteiger partial charge in [0.1, 0.15) is 0 Å². The molecule has 0 aliphatic heterocycles. The highest BCUT2D eigenvalue weighted by Gasteiger charge is 2.14. The Bertz CT molecular complexity index is 280. The van der Waals surface area contributed by atoms with Gasteiger partial charge in [-0.1, -0.05) is 6.92 Å². The fraction of sp³-hybridized carbons (Fsp3) is 0.833. The van der Waals surface area contributed by atoms with E-state index in [4.69, 9.17) is 11.6 Å². The largest absolute Gasteiger partial charge is 0.452 e. The van der Waals surface area contributed by atoms with Crippen LogP contribution in [-0.2, 0) is 14.9 Å². The van der Waals surface area contributed by atoms with E-state index >= 15 is 0 Å². The van der Waals surface area contributed by atoms with Crippen molar-refractivity contribution < 1.29 is 17.9 Å². The lowest BCUT2D eigenvalue weighted by molar-refractivity contribution is 0.177. The summed E-state index contributed by atoms with van der Waals surface area (Å²) >= 11 is 5.47. The van der Waals surface area contributed by atoms with Crippen LogP contribution in [0.5, 0.6) is 0 Å². The van der Waals surface area contributed by atoms with Crippen LogP contribution in [0.4, 0.5) is 4.79 Å². The van der Waals surface area contributed by atoms with Gasteiger partial charge in [0.15, 0.2) is 0 Å². The zero-order valence-electron chi connectivity index (χ0n) is 7.91. The molecule has 84 valence electrons. The van der Waals surface area contributed by atoms with Crippen molar-refractivity contribution in [3.05, 3.63) is 0 Å². The molecule has 0 aromatic carbocycles. The molecule has 0 saturated heterocycles. The molecule has 0 aliphatic rings. The van der Waals surface area contributed by atoms with Crippen LogP contribution < -0.4 is 9.44 Å². The van der Waals surface area contributed by atoms with E-state index in [2.05, 4.69) is 9.46 Å². The van der Waals surface area contributed by atoms with Crippen molar-refractivity contribution >= 4 is 27.9 Å². The van der Waals surface area contributed by atoms with Crippen LogP contribution in [0.2, 0.25) is 0 Å². The Labute approximate surface area is 88.1 Å². The average molecular weight is 245 g/mol. The number of carbonyl (C=O) groups excluding carboxylic acids is 1. The number of rotatable bonds is 5. The molecule has 0 radical (unpaired) electrons. The van der Waals surface area contributed by atoms with Crippen molar-refractivity contribution in [2.45, 2.75) is 6.92 Å². The lowest BCUT2D eigenvalue weighted by atomic mass is 10.2. The van der Waals surface area contributed by atoms with E-state index in [1.54, 1.807) is 11.6 Å². The standard InChI is InChI=1S/C6H13ClN2O4S/c1-5(3-7)4-8-14(11,12)9-6(10)13-2/h5,8H,3-4H2,1-2H3,(H,9,10). The number of hydrogen-bond donors (Lipinski definition) is 2. The lowest BCUT2D eigenvalue weighted by Gasteiger charge is -2.09. The predicted octanol–water partition coefficient (Wildman–Crippen LogP) is 0.0517. The molecule has 0 heterocycles. The van der Waals surface area contributed by atoms with Crippen LogP contribution in [-0.4, -0.2) is 34.0 Å². The number of carbonyl (C=O) groups is 1. The van der Waals surface area contributed by atoms with Gasteiger partial charge in [-0.05, 0) is 5.92 Å². The summed E-state index contributed by atoms with van der Waals surface area (Å²) in [7, 11) is -2.76. The molecule has 6 nitrogen and oxygen atoms in total. The van der Waals surface area contributed by atoms with E-state index in [-0.39, 0.29) is 12.5 Å². The molecule has 2 N–H and O–H groups in total. The van der Waals surface area contributed by atoms with E-state index in [1.807, 2.05) is 0 Å². The first kappa shape index (κ1) is 13.5. The summed E-state index contributed by atoms with van der Waals surface area (Å²) in [4.78, 5) is 10.6. The Morgan fingerprint density at radius 2 is 2.14 bits per heavy atom. The van der Waals surface area contributed by atoms with Gasteiger partial charge < -0.3 is 4.74 Å². The molecule has 0 saturated carbocycles. The van der Waals surface area contributed by atoms with Gasteiger partial charge in [-0.2, -0.15) is 13.1 Å². The maximum absolute atomic E-state index is 11.1. The Kier molecular flexibility index (Phi) is 5.82. The third kappa shape index (κ3) is 6.01. The minimum Gasteiger partial charge on any atom is -0.452 e. The molecule has 0 rings (SSSR count). The molecular weight excluding hydrogens is 232 g/mol. The number of halogens is 1. The molecule has 14 heavy (non-hydrogen) atoms. The SMILES string of the molecule is COC(=O)NS(=O)(=O)NCC(C)CCl. The molecule has 0 fully saturated rings. The van der Waals surface area contributed by atoms with Gasteiger partial charge in [0.2, 0.25) is 0 Å². The third-order valence-electron chi connectivity index (χ3n) is 1.29. The number of amides is 1. The molecule has 1 unspecified atom stereocenters. The van der Waals surface area contributed by atoms with Gasteiger partial charge >= 0.3 is 16.3 Å². The monoisotopic (exact) mass is 244 g/mol. The van der Waals surface area contributed by atoms with E-state index in [0.29, 0.717) is 5.88 Å². The van der Waals surface area contributed by atoms with Crippen LogP contribution in [0.3, 0.4) is 0 Å². The first-order valence-corrected chi connectivity index (χ1v) is 5.84. The van der Waals surface area contributed by atoms with Crippen molar-refractivity contribution in [3.8, 4) is 0 Å². The molecule has 0 bridgehead atoms. The lowest BCUT2D eigenvalue weighted by Crippen LogP contribution is -2.41. The molecule has 0 aliphatic carbocycles. The van der Waals surface area contributed by atoms with Crippen LogP contribution >= 0.6 is 11.6 Å². The second kappa shape index (κ2) is 6.05. The average Bonchev–Trinajstić information content (AvgIpc) is 2.13. The van der Waals surface area contributed by atoms with Crippen LogP contribution in [0.1, 0.15) is 6.92 Å². The fourth-order valence-electron chi connectivity index (χ4n) is 0.494. The van der Waals surface area contributed by atoms with Crippen molar-refractivity contribution in [3.63, 3.8) is 0 Å². The van der Waals surface area contributed by atoms with E-state index in [0.717, 1.165) is 7.11 Å². The normalized spacial score (nSPS) is 13.4. The van der Waals surface area contributed by atoms with E-state index < -0.39 is 16.3 Å². The van der Waals surface area contributed by atoms with E-state index in [1.165, 1.54) is 0 Å². The van der Waals surface area contributed by atoms with Gasteiger partial charge in [0, 0.05) is 12.4 Å².